The fraction of sp³-hybridized carbons (Fsp3) is 0.533. The van der Waals surface area contributed by atoms with Crippen molar-refractivity contribution in [2.24, 2.45) is 0 Å². The maximum Gasteiger partial charge on any atom is 0.127 e. The Morgan fingerprint density at radius 1 is 1.28 bits per heavy atom. The summed E-state index contributed by atoms with van der Waals surface area (Å²) in [6.07, 6.45) is 2.21. The topological polar surface area (TPSA) is 17.8 Å². The predicted molar refractivity (Wildman–Crippen MR) is 78.4 cm³/mol. The molecule has 0 aliphatic carbocycles. The molecule has 2 rings (SSSR count). The second kappa shape index (κ2) is 5.31. The van der Waals surface area contributed by atoms with Crippen molar-refractivity contribution in [1.29, 1.82) is 0 Å². The van der Waals surface area contributed by atoms with E-state index < -0.39 is 0 Å². The highest BCUT2D eigenvalue weighted by Gasteiger charge is 2.19. The van der Waals surface area contributed by atoms with Gasteiger partial charge in [-0.3, -0.25) is 0 Å². The van der Waals surface area contributed by atoms with Crippen LogP contribution in [-0.2, 0) is 0 Å². The molecule has 2 nitrogen and oxygen atoms in total. The minimum atomic E-state index is -0.0571. The number of nitrogens with zero attached hydrogens (tertiary/aromatic N) is 2. The van der Waals surface area contributed by atoms with Crippen LogP contribution in [0.25, 0.3) is 11.0 Å². The molecule has 0 N–H and O–H groups in total. The van der Waals surface area contributed by atoms with Crippen molar-refractivity contribution < 1.29 is 0 Å². The van der Waals surface area contributed by atoms with E-state index in [1.54, 1.807) is 0 Å². The van der Waals surface area contributed by atoms with E-state index in [2.05, 4.69) is 43.5 Å². The molecular formula is C15H21ClN2. The third kappa shape index (κ3) is 2.26. The molecule has 0 radical (unpaired) electrons. The number of benzene rings is 1. The molecule has 0 fully saturated rings. The summed E-state index contributed by atoms with van der Waals surface area (Å²) in [5.41, 5.74) is 3.53. The predicted octanol–water partition coefficient (Wildman–Crippen LogP) is 5.01. The highest BCUT2D eigenvalue weighted by Crippen LogP contribution is 2.31. The average molecular weight is 265 g/mol. The molecule has 0 aliphatic heterocycles. The van der Waals surface area contributed by atoms with Crippen LogP contribution in [0.1, 0.15) is 56.4 Å². The number of hydrogen-bond donors (Lipinski definition) is 0. The molecule has 1 aromatic heterocycles. The standard InChI is InChI=1S/C15H21ClN2/c1-5-12(6-2)18-14-9-10(3)7-8-13(14)17-15(18)11(4)16/h7-9,11-12H,5-6H2,1-4H3. The molecule has 1 heterocycles. The van der Waals surface area contributed by atoms with E-state index in [9.17, 15) is 0 Å². The van der Waals surface area contributed by atoms with Crippen molar-refractivity contribution in [3.05, 3.63) is 29.6 Å². The highest BCUT2D eigenvalue weighted by molar-refractivity contribution is 6.20. The molecule has 98 valence electrons. The first-order chi connectivity index (χ1) is 8.58. The van der Waals surface area contributed by atoms with Gasteiger partial charge >= 0.3 is 0 Å². The smallest absolute Gasteiger partial charge is 0.127 e. The van der Waals surface area contributed by atoms with E-state index in [1.807, 2.05) is 6.92 Å². The molecule has 1 aromatic carbocycles. The molecule has 18 heavy (non-hydrogen) atoms. The number of imidazole rings is 1. The zero-order valence-electron chi connectivity index (χ0n) is 11.6. The zero-order chi connectivity index (χ0) is 13.3. The van der Waals surface area contributed by atoms with Gasteiger partial charge in [0.05, 0.1) is 16.4 Å². The summed E-state index contributed by atoms with van der Waals surface area (Å²) in [6.45, 7) is 8.55. The molecule has 3 heteroatoms. The maximum atomic E-state index is 6.29. The van der Waals surface area contributed by atoms with Gasteiger partial charge in [-0.15, -0.1) is 11.6 Å². The molecule has 0 bridgehead atoms. The van der Waals surface area contributed by atoms with Crippen molar-refractivity contribution in [2.45, 2.75) is 52.0 Å². The van der Waals surface area contributed by atoms with Crippen LogP contribution < -0.4 is 0 Å². The third-order valence-corrected chi connectivity index (χ3v) is 3.73. The Hall–Kier alpha value is -1.02. The maximum absolute atomic E-state index is 6.29. The van der Waals surface area contributed by atoms with E-state index in [0.717, 1.165) is 24.2 Å². The average Bonchev–Trinajstić information content (AvgIpc) is 2.70. The van der Waals surface area contributed by atoms with Crippen LogP contribution in [0.2, 0.25) is 0 Å². The van der Waals surface area contributed by atoms with Crippen LogP contribution in [-0.4, -0.2) is 9.55 Å². The van der Waals surface area contributed by atoms with Crippen LogP contribution in [0, 0.1) is 6.92 Å². The Morgan fingerprint density at radius 3 is 2.50 bits per heavy atom. The second-order valence-electron chi connectivity index (χ2n) is 4.92. The van der Waals surface area contributed by atoms with Crippen LogP contribution >= 0.6 is 11.6 Å². The molecule has 1 unspecified atom stereocenters. The lowest BCUT2D eigenvalue weighted by molar-refractivity contribution is 0.466. The van der Waals surface area contributed by atoms with Gasteiger partial charge in [-0.1, -0.05) is 19.9 Å². The Bertz CT molecular complexity index is 539. The number of alkyl halides is 1. The molecule has 0 aliphatic rings. The van der Waals surface area contributed by atoms with Gasteiger partial charge in [-0.05, 0) is 44.4 Å². The molecule has 1 atom stereocenters. The largest absolute Gasteiger partial charge is 0.324 e. The molecule has 2 aromatic rings. The van der Waals surface area contributed by atoms with Gasteiger partial charge in [0, 0.05) is 6.04 Å². The first kappa shape index (κ1) is 13.4. The summed E-state index contributed by atoms with van der Waals surface area (Å²) < 4.78 is 2.33. The second-order valence-corrected chi connectivity index (χ2v) is 5.57. The van der Waals surface area contributed by atoms with Gasteiger partial charge in [0.15, 0.2) is 0 Å². The highest BCUT2D eigenvalue weighted by atomic mass is 35.5. The number of aromatic nitrogens is 2. The summed E-state index contributed by atoms with van der Waals surface area (Å²) in [5.74, 6) is 0.992. The Kier molecular flexibility index (Phi) is 3.96. The van der Waals surface area contributed by atoms with Crippen molar-refractivity contribution in [1.82, 2.24) is 9.55 Å². The van der Waals surface area contributed by atoms with E-state index in [4.69, 9.17) is 16.6 Å². The van der Waals surface area contributed by atoms with Gasteiger partial charge in [-0.25, -0.2) is 4.98 Å². The van der Waals surface area contributed by atoms with E-state index in [-0.39, 0.29) is 5.38 Å². The fourth-order valence-electron chi connectivity index (χ4n) is 2.54. The van der Waals surface area contributed by atoms with Crippen molar-refractivity contribution in [3.63, 3.8) is 0 Å². The molecule has 0 saturated carbocycles. The Labute approximate surface area is 114 Å². The summed E-state index contributed by atoms with van der Waals surface area (Å²) in [7, 11) is 0. The Balaban J connectivity index is 2.71. The quantitative estimate of drug-likeness (QED) is 0.710. The van der Waals surface area contributed by atoms with E-state index in [0.29, 0.717) is 6.04 Å². The first-order valence-electron chi connectivity index (χ1n) is 6.71. The minimum absolute atomic E-state index is 0.0571. The summed E-state index contributed by atoms with van der Waals surface area (Å²) in [4.78, 5) is 4.70. The number of hydrogen-bond acceptors (Lipinski definition) is 1. The fourth-order valence-corrected chi connectivity index (χ4v) is 2.69. The monoisotopic (exact) mass is 264 g/mol. The number of aryl methyl sites for hydroxylation is 1. The molecular weight excluding hydrogens is 244 g/mol. The van der Waals surface area contributed by atoms with E-state index >= 15 is 0 Å². The number of halogens is 1. The lowest BCUT2D eigenvalue weighted by Gasteiger charge is -2.19. The normalized spacial score (nSPS) is 13.4. The Morgan fingerprint density at radius 2 is 1.94 bits per heavy atom. The SMILES string of the molecule is CCC(CC)n1c(C(C)Cl)nc2ccc(C)cc21. The van der Waals surface area contributed by atoms with Gasteiger partial charge < -0.3 is 4.57 Å². The number of fused-ring (bicyclic) bond motifs is 1. The molecule has 0 spiro atoms. The number of rotatable bonds is 4. The van der Waals surface area contributed by atoms with Gasteiger partial charge in [0.2, 0.25) is 0 Å². The van der Waals surface area contributed by atoms with Crippen molar-refractivity contribution in [3.8, 4) is 0 Å². The molecule has 0 amide bonds. The lowest BCUT2D eigenvalue weighted by Crippen LogP contribution is -2.11. The van der Waals surface area contributed by atoms with Gasteiger partial charge in [0.25, 0.3) is 0 Å². The van der Waals surface area contributed by atoms with Crippen LogP contribution in [0.3, 0.4) is 0 Å². The zero-order valence-corrected chi connectivity index (χ0v) is 12.3. The lowest BCUT2D eigenvalue weighted by atomic mass is 10.1. The first-order valence-corrected chi connectivity index (χ1v) is 7.14. The third-order valence-electron chi connectivity index (χ3n) is 3.54. The van der Waals surface area contributed by atoms with Crippen LogP contribution in [0.4, 0.5) is 0 Å². The van der Waals surface area contributed by atoms with Crippen molar-refractivity contribution in [2.75, 3.05) is 0 Å². The van der Waals surface area contributed by atoms with E-state index in [1.165, 1.54) is 11.1 Å². The van der Waals surface area contributed by atoms with Crippen LogP contribution in [0.5, 0.6) is 0 Å². The minimum Gasteiger partial charge on any atom is -0.324 e. The summed E-state index contributed by atoms with van der Waals surface area (Å²) in [5, 5.41) is -0.0571. The van der Waals surface area contributed by atoms with Gasteiger partial charge in [-0.2, -0.15) is 0 Å². The van der Waals surface area contributed by atoms with Crippen LogP contribution in [0.15, 0.2) is 18.2 Å². The molecule has 0 saturated heterocycles. The van der Waals surface area contributed by atoms with Gasteiger partial charge in [0.1, 0.15) is 5.82 Å². The van der Waals surface area contributed by atoms with Crippen molar-refractivity contribution >= 4 is 22.6 Å². The summed E-state index contributed by atoms with van der Waals surface area (Å²) >= 11 is 6.29. The summed E-state index contributed by atoms with van der Waals surface area (Å²) in [6, 6.07) is 6.89.